The highest BCUT2D eigenvalue weighted by atomic mass is 79.9. The van der Waals surface area contributed by atoms with Gasteiger partial charge in [-0.1, -0.05) is 15.9 Å². The Balaban J connectivity index is 3.06. The fourth-order valence-corrected chi connectivity index (χ4v) is 3.11. The van der Waals surface area contributed by atoms with Gasteiger partial charge in [-0.15, -0.1) is 0 Å². The van der Waals surface area contributed by atoms with Crippen molar-refractivity contribution < 1.29 is 26.3 Å². The van der Waals surface area contributed by atoms with E-state index in [0.29, 0.717) is 10.0 Å². The number of aryl methyl sites for hydroxylation is 1. The van der Waals surface area contributed by atoms with Crippen molar-refractivity contribution >= 4 is 35.7 Å². The molecule has 0 fully saturated rings. The Morgan fingerprint density at radius 2 is 1.95 bits per heavy atom. The normalized spacial score (nSPS) is 12.5. The lowest BCUT2D eigenvalue weighted by Crippen LogP contribution is -2.14. The second kappa shape index (κ2) is 5.88. The predicted molar refractivity (Wildman–Crippen MR) is 68.1 cm³/mol. The average Bonchev–Trinajstić information content (AvgIpc) is 2.17. The van der Waals surface area contributed by atoms with Crippen molar-refractivity contribution in [2.75, 3.05) is 6.61 Å². The van der Waals surface area contributed by atoms with Crippen molar-refractivity contribution in [1.29, 1.82) is 0 Å². The number of halogens is 5. The van der Waals surface area contributed by atoms with E-state index in [9.17, 15) is 21.6 Å². The summed E-state index contributed by atoms with van der Waals surface area (Å²) in [5.41, 5.74) is 0.371. The molecule has 0 atom stereocenters. The van der Waals surface area contributed by atoms with E-state index >= 15 is 0 Å². The number of hydrogen-bond donors (Lipinski definition) is 0. The molecular weight excluding hydrogens is 373 g/mol. The van der Waals surface area contributed by atoms with Crippen molar-refractivity contribution in [2.24, 2.45) is 0 Å². The van der Waals surface area contributed by atoms with Crippen LogP contribution in [-0.4, -0.2) is 21.2 Å². The molecule has 0 aromatic heterocycles. The van der Waals surface area contributed by atoms with Crippen LogP contribution >= 0.6 is 26.6 Å². The zero-order valence-corrected chi connectivity index (χ0v) is 12.8. The molecule has 108 valence electrons. The van der Waals surface area contributed by atoms with Gasteiger partial charge in [-0.2, -0.15) is 13.2 Å². The number of rotatable bonds is 4. The first kappa shape index (κ1) is 16.6. The lowest BCUT2D eigenvalue weighted by Gasteiger charge is -2.14. The fourth-order valence-electron chi connectivity index (χ4n) is 1.33. The molecule has 9 heteroatoms. The summed E-state index contributed by atoms with van der Waals surface area (Å²) >= 11 is 3.08. The van der Waals surface area contributed by atoms with Crippen LogP contribution in [0.1, 0.15) is 12.0 Å². The Labute approximate surface area is 121 Å². The average molecular weight is 382 g/mol. The Hall–Kier alpha value is -0.470. The topological polar surface area (TPSA) is 43.4 Å². The molecule has 1 rings (SSSR count). The first-order valence-corrected chi connectivity index (χ1v) is 8.05. The lowest BCUT2D eigenvalue weighted by atomic mass is 10.2. The molecule has 0 aliphatic rings. The summed E-state index contributed by atoms with van der Waals surface area (Å²) in [6, 6.07) is 2.70. The molecule has 0 N–H and O–H groups in total. The third-order valence-electron chi connectivity index (χ3n) is 2.10. The van der Waals surface area contributed by atoms with E-state index in [0.717, 1.165) is 0 Å². The minimum absolute atomic E-state index is 0.164. The van der Waals surface area contributed by atoms with Gasteiger partial charge >= 0.3 is 6.18 Å². The summed E-state index contributed by atoms with van der Waals surface area (Å²) < 4.78 is 64.2. The second-order valence-corrected chi connectivity index (χ2v) is 7.15. The summed E-state index contributed by atoms with van der Waals surface area (Å²) in [7, 11) is 1.12. The van der Waals surface area contributed by atoms with Crippen molar-refractivity contribution in [3.05, 3.63) is 22.2 Å². The molecule has 0 bridgehead atoms. The number of hydrogen-bond acceptors (Lipinski definition) is 3. The molecule has 0 aliphatic heterocycles. The van der Waals surface area contributed by atoms with E-state index < -0.39 is 28.3 Å². The molecule has 0 amide bonds. The highest BCUT2D eigenvalue weighted by Gasteiger charge is 2.28. The van der Waals surface area contributed by atoms with Crippen molar-refractivity contribution in [1.82, 2.24) is 0 Å². The maximum atomic E-state index is 12.0. The highest BCUT2D eigenvalue weighted by molar-refractivity contribution is 9.10. The van der Waals surface area contributed by atoms with Gasteiger partial charge in [0.25, 0.3) is 9.05 Å². The van der Waals surface area contributed by atoms with E-state index in [1.54, 1.807) is 0 Å². The van der Waals surface area contributed by atoms with E-state index in [-0.39, 0.29) is 10.6 Å². The molecule has 0 unspecified atom stereocenters. The lowest BCUT2D eigenvalue weighted by molar-refractivity contribution is -0.139. The van der Waals surface area contributed by atoms with Crippen LogP contribution in [0.15, 0.2) is 21.5 Å². The van der Waals surface area contributed by atoms with E-state index in [2.05, 4.69) is 15.9 Å². The summed E-state index contributed by atoms with van der Waals surface area (Å²) in [4.78, 5) is -0.358. The van der Waals surface area contributed by atoms with Gasteiger partial charge in [0, 0.05) is 15.2 Å². The Kier molecular flexibility index (Phi) is 5.14. The molecule has 19 heavy (non-hydrogen) atoms. The zero-order chi connectivity index (χ0) is 14.8. The molecular formula is C10H9BrClF3O3S. The summed E-state index contributed by atoms with van der Waals surface area (Å²) in [6.45, 7) is 0.838. The summed E-state index contributed by atoms with van der Waals surface area (Å²) in [5.74, 6) is -0.164. The molecule has 0 saturated heterocycles. The van der Waals surface area contributed by atoms with Gasteiger partial charge < -0.3 is 4.74 Å². The van der Waals surface area contributed by atoms with Crippen molar-refractivity contribution in [3.8, 4) is 5.75 Å². The van der Waals surface area contributed by atoms with E-state index in [1.807, 2.05) is 0 Å². The van der Waals surface area contributed by atoms with Gasteiger partial charge in [0.05, 0.1) is 13.0 Å². The van der Waals surface area contributed by atoms with Gasteiger partial charge in [-0.25, -0.2) is 8.42 Å². The molecule has 0 radical (unpaired) electrons. The van der Waals surface area contributed by atoms with Crippen LogP contribution in [-0.2, 0) is 9.05 Å². The third kappa shape index (κ3) is 5.19. The fraction of sp³-hybridized carbons (Fsp3) is 0.400. The largest absolute Gasteiger partial charge is 0.492 e. The standard InChI is InChI=1S/C10H9BrClF3O3S/c1-6-4-7(11)5-8(19(12,16)17)9(6)18-3-2-10(13,14)15/h4-5H,2-3H2,1H3. The van der Waals surface area contributed by atoms with Gasteiger partial charge in [0.2, 0.25) is 0 Å². The first-order valence-electron chi connectivity index (χ1n) is 4.95. The number of alkyl halides is 3. The van der Waals surface area contributed by atoms with E-state index in [4.69, 9.17) is 15.4 Å². The Bertz CT molecular complexity index is 572. The van der Waals surface area contributed by atoms with Gasteiger partial charge in [0.15, 0.2) is 0 Å². The van der Waals surface area contributed by atoms with E-state index in [1.165, 1.54) is 19.1 Å². The molecule has 1 aromatic rings. The summed E-state index contributed by atoms with van der Waals surface area (Å²) in [6.07, 6.45) is -5.55. The molecule has 0 spiro atoms. The molecule has 0 aliphatic carbocycles. The SMILES string of the molecule is Cc1cc(Br)cc(S(=O)(=O)Cl)c1OCCC(F)(F)F. The van der Waals surface area contributed by atoms with Crippen LogP contribution in [0.25, 0.3) is 0 Å². The Morgan fingerprint density at radius 3 is 2.42 bits per heavy atom. The number of benzene rings is 1. The van der Waals surface area contributed by atoms with Crippen molar-refractivity contribution in [3.63, 3.8) is 0 Å². The maximum absolute atomic E-state index is 12.0. The molecule has 1 aromatic carbocycles. The Morgan fingerprint density at radius 1 is 1.37 bits per heavy atom. The smallest absolute Gasteiger partial charge is 0.392 e. The van der Waals surface area contributed by atoms with Gasteiger partial charge in [-0.05, 0) is 24.6 Å². The third-order valence-corrected chi connectivity index (χ3v) is 3.89. The van der Waals surface area contributed by atoms with Crippen LogP contribution in [0.3, 0.4) is 0 Å². The second-order valence-electron chi connectivity index (χ2n) is 3.70. The first-order chi connectivity index (χ1) is 8.50. The van der Waals surface area contributed by atoms with Crippen LogP contribution < -0.4 is 4.74 Å². The molecule has 0 saturated carbocycles. The van der Waals surface area contributed by atoms with Crippen LogP contribution in [0, 0.1) is 6.92 Å². The number of ether oxygens (including phenoxy) is 1. The predicted octanol–water partition coefficient (Wildman–Crippen LogP) is 4.02. The molecule has 3 nitrogen and oxygen atoms in total. The quantitative estimate of drug-likeness (QED) is 0.740. The van der Waals surface area contributed by atoms with Gasteiger partial charge in [-0.3, -0.25) is 0 Å². The summed E-state index contributed by atoms with van der Waals surface area (Å²) in [5, 5.41) is 0. The highest BCUT2D eigenvalue weighted by Crippen LogP contribution is 2.34. The molecule has 0 heterocycles. The van der Waals surface area contributed by atoms with Crippen LogP contribution in [0.5, 0.6) is 5.75 Å². The zero-order valence-electron chi connectivity index (χ0n) is 9.59. The van der Waals surface area contributed by atoms with Crippen LogP contribution in [0.4, 0.5) is 13.2 Å². The monoisotopic (exact) mass is 380 g/mol. The minimum Gasteiger partial charge on any atom is -0.492 e. The minimum atomic E-state index is -4.37. The van der Waals surface area contributed by atoms with Crippen molar-refractivity contribution in [2.45, 2.75) is 24.4 Å². The maximum Gasteiger partial charge on any atom is 0.392 e. The van der Waals surface area contributed by atoms with Crippen LogP contribution in [0.2, 0.25) is 0 Å². The van der Waals surface area contributed by atoms with Gasteiger partial charge in [0.1, 0.15) is 10.6 Å².